The molecule has 7 heteroatoms. The molecule has 1 aromatic rings. The fraction of sp³-hybridized carbons (Fsp3) is 0.786. The van der Waals surface area contributed by atoms with Gasteiger partial charge in [-0.2, -0.15) is 15.0 Å². The fourth-order valence-corrected chi connectivity index (χ4v) is 1.95. The summed E-state index contributed by atoms with van der Waals surface area (Å²) in [5.74, 6) is 1.13. The number of unbranched alkanes of at least 4 members (excludes halogenated alkanes) is 1. The van der Waals surface area contributed by atoms with Crippen LogP contribution in [0, 0.1) is 0 Å². The molecule has 0 aliphatic rings. The van der Waals surface area contributed by atoms with Gasteiger partial charge in [-0.3, -0.25) is 0 Å². The second-order valence-corrected chi connectivity index (χ2v) is 4.98. The summed E-state index contributed by atoms with van der Waals surface area (Å²) in [6, 6.07) is 0. The lowest BCUT2D eigenvalue weighted by atomic mass is 10.4. The lowest BCUT2D eigenvalue weighted by Gasteiger charge is -2.18. The van der Waals surface area contributed by atoms with Crippen LogP contribution in [0.1, 0.15) is 40.0 Å². The van der Waals surface area contributed by atoms with Gasteiger partial charge >= 0.3 is 0 Å². The van der Waals surface area contributed by atoms with Crippen LogP contribution in [0.2, 0.25) is 5.28 Å². The molecule has 0 saturated heterocycles. The average molecular weight is 316 g/mol. The summed E-state index contributed by atoms with van der Waals surface area (Å²) in [5.41, 5.74) is 0. The van der Waals surface area contributed by atoms with Gasteiger partial charge < -0.3 is 15.0 Å². The Morgan fingerprint density at radius 2 is 1.76 bits per heavy atom. The molecular formula is C14H26ClN5O. The Morgan fingerprint density at radius 1 is 1.05 bits per heavy atom. The number of rotatable bonds is 11. The summed E-state index contributed by atoms with van der Waals surface area (Å²) >= 11 is 5.95. The third-order valence-electron chi connectivity index (χ3n) is 3.03. The first-order valence-corrected chi connectivity index (χ1v) is 8.07. The number of anilines is 2. The monoisotopic (exact) mass is 315 g/mol. The second-order valence-electron chi connectivity index (χ2n) is 4.65. The predicted molar refractivity (Wildman–Crippen MR) is 87.2 cm³/mol. The molecule has 1 N–H and O–H groups in total. The summed E-state index contributed by atoms with van der Waals surface area (Å²) in [6.07, 6.45) is 3.19. The van der Waals surface area contributed by atoms with Crippen LogP contribution < -0.4 is 10.2 Å². The maximum Gasteiger partial charge on any atom is 0.231 e. The van der Waals surface area contributed by atoms with Crippen molar-refractivity contribution in [3.05, 3.63) is 5.28 Å². The van der Waals surface area contributed by atoms with E-state index in [1.807, 2.05) is 4.90 Å². The fourth-order valence-electron chi connectivity index (χ4n) is 1.79. The Hall–Kier alpha value is -1.14. The summed E-state index contributed by atoms with van der Waals surface area (Å²) in [7, 11) is 0. The Bertz CT molecular complexity index is 401. The zero-order chi connectivity index (χ0) is 15.5. The summed E-state index contributed by atoms with van der Waals surface area (Å²) in [4.78, 5) is 14.7. The molecular weight excluding hydrogens is 290 g/mol. The van der Waals surface area contributed by atoms with E-state index in [1.165, 1.54) is 0 Å². The van der Waals surface area contributed by atoms with Gasteiger partial charge in [-0.25, -0.2) is 0 Å². The van der Waals surface area contributed by atoms with Gasteiger partial charge in [0.05, 0.1) is 0 Å². The molecule has 0 atom stereocenters. The van der Waals surface area contributed by atoms with Crippen LogP contribution >= 0.6 is 11.6 Å². The standard InChI is InChI=1S/C14H26ClN5O/c1-4-7-10-21-11-8-9-16-13-17-12(15)18-14(19-13)20(5-2)6-3/h4-11H2,1-3H3,(H,16,17,18,19). The smallest absolute Gasteiger partial charge is 0.231 e. The molecule has 0 saturated carbocycles. The topological polar surface area (TPSA) is 63.2 Å². The largest absolute Gasteiger partial charge is 0.381 e. The lowest BCUT2D eigenvalue weighted by Crippen LogP contribution is -2.25. The molecule has 0 spiro atoms. The normalized spacial score (nSPS) is 10.7. The van der Waals surface area contributed by atoms with Crippen molar-refractivity contribution in [1.29, 1.82) is 0 Å². The van der Waals surface area contributed by atoms with Crippen molar-refractivity contribution in [2.75, 3.05) is 43.1 Å². The Balaban J connectivity index is 2.41. The number of nitrogens with one attached hydrogen (secondary N) is 1. The van der Waals surface area contributed by atoms with Crippen molar-refractivity contribution in [1.82, 2.24) is 15.0 Å². The number of hydrogen-bond acceptors (Lipinski definition) is 6. The van der Waals surface area contributed by atoms with Gasteiger partial charge in [0.15, 0.2) is 0 Å². The van der Waals surface area contributed by atoms with Gasteiger partial charge in [0.1, 0.15) is 0 Å². The van der Waals surface area contributed by atoms with E-state index in [-0.39, 0.29) is 5.28 Å². The Labute approximate surface area is 132 Å². The van der Waals surface area contributed by atoms with Gasteiger partial charge in [0, 0.05) is 32.8 Å². The van der Waals surface area contributed by atoms with E-state index in [1.54, 1.807) is 0 Å². The van der Waals surface area contributed by atoms with Crippen LogP contribution in [0.3, 0.4) is 0 Å². The second kappa shape index (κ2) is 10.6. The number of hydrogen-bond donors (Lipinski definition) is 1. The molecule has 0 aliphatic carbocycles. The highest BCUT2D eigenvalue weighted by molar-refractivity contribution is 6.28. The molecule has 0 fully saturated rings. The summed E-state index contributed by atoms with van der Waals surface area (Å²) in [6.45, 7) is 10.3. The van der Waals surface area contributed by atoms with E-state index >= 15 is 0 Å². The van der Waals surface area contributed by atoms with Gasteiger partial charge in [-0.1, -0.05) is 13.3 Å². The van der Waals surface area contributed by atoms with E-state index in [0.29, 0.717) is 11.9 Å². The van der Waals surface area contributed by atoms with E-state index < -0.39 is 0 Å². The third-order valence-corrected chi connectivity index (χ3v) is 3.20. The average Bonchev–Trinajstić information content (AvgIpc) is 2.47. The predicted octanol–water partition coefficient (Wildman–Crippen LogP) is 2.99. The van der Waals surface area contributed by atoms with Crippen molar-refractivity contribution in [3.63, 3.8) is 0 Å². The quantitative estimate of drug-likeness (QED) is 0.633. The maximum absolute atomic E-state index is 5.95. The maximum atomic E-state index is 5.95. The van der Waals surface area contributed by atoms with Gasteiger partial charge in [-0.05, 0) is 38.3 Å². The molecule has 0 aliphatic heterocycles. The minimum absolute atomic E-state index is 0.216. The molecule has 0 radical (unpaired) electrons. The first-order valence-electron chi connectivity index (χ1n) is 7.69. The van der Waals surface area contributed by atoms with Gasteiger partial charge in [0.25, 0.3) is 0 Å². The number of ether oxygens (including phenoxy) is 1. The van der Waals surface area contributed by atoms with Crippen molar-refractivity contribution in [2.24, 2.45) is 0 Å². The van der Waals surface area contributed by atoms with E-state index in [2.05, 4.69) is 41.0 Å². The van der Waals surface area contributed by atoms with E-state index in [4.69, 9.17) is 16.3 Å². The highest BCUT2D eigenvalue weighted by atomic mass is 35.5. The SMILES string of the molecule is CCCCOCCCNc1nc(Cl)nc(N(CC)CC)n1. The van der Waals surface area contributed by atoms with Crippen LogP contribution in [0.25, 0.3) is 0 Å². The van der Waals surface area contributed by atoms with Crippen LogP contribution in [-0.2, 0) is 4.74 Å². The van der Waals surface area contributed by atoms with Gasteiger partial charge in [0.2, 0.25) is 17.2 Å². The first kappa shape index (κ1) is 17.9. The van der Waals surface area contributed by atoms with Crippen molar-refractivity contribution >= 4 is 23.5 Å². The zero-order valence-electron chi connectivity index (χ0n) is 13.2. The third kappa shape index (κ3) is 6.91. The first-order chi connectivity index (χ1) is 10.2. The van der Waals surface area contributed by atoms with Crippen LogP contribution in [0.4, 0.5) is 11.9 Å². The molecule has 0 unspecified atom stereocenters. The number of halogens is 1. The number of nitrogens with zero attached hydrogens (tertiary/aromatic N) is 4. The minimum atomic E-state index is 0.216. The molecule has 21 heavy (non-hydrogen) atoms. The Morgan fingerprint density at radius 3 is 2.43 bits per heavy atom. The van der Waals surface area contributed by atoms with Crippen molar-refractivity contribution in [2.45, 2.75) is 40.0 Å². The molecule has 6 nitrogen and oxygen atoms in total. The number of aromatic nitrogens is 3. The Kier molecular flexibility index (Phi) is 9.01. The molecule has 0 bridgehead atoms. The highest BCUT2D eigenvalue weighted by Crippen LogP contribution is 2.13. The zero-order valence-corrected chi connectivity index (χ0v) is 14.0. The van der Waals surface area contributed by atoms with Crippen molar-refractivity contribution < 1.29 is 4.74 Å². The highest BCUT2D eigenvalue weighted by Gasteiger charge is 2.09. The minimum Gasteiger partial charge on any atom is -0.381 e. The summed E-state index contributed by atoms with van der Waals surface area (Å²) in [5, 5.41) is 3.38. The molecule has 1 aromatic heterocycles. The molecule has 1 heterocycles. The van der Waals surface area contributed by atoms with E-state index in [0.717, 1.165) is 52.1 Å². The molecule has 120 valence electrons. The van der Waals surface area contributed by atoms with Crippen LogP contribution in [-0.4, -0.2) is 47.8 Å². The lowest BCUT2D eigenvalue weighted by molar-refractivity contribution is 0.131. The van der Waals surface area contributed by atoms with Crippen LogP contribution in [0.5, 0.6) is 0 Å². The van der Waals surface area contributed by atoms with Gasteiger partial charge in [-0.15, -0.1) is 0 Å². The molecule has 0 amide bonds. The molecule has 0 aromatic carbocycles. The molecule has 1 rings (SSSR count). The van der Waals surface area contributed by atoms with Crippen molar-refractivity contribution in [3.8, 4) is 0 Å². The summed E-state index contributed by atoms with van der Waals surface area (Å²) < 4.78 is 5.51. The van der Waals surface area contributed by atoms with E-state index in [9.17, 15) is 0 Å². The van der Waals surface area contributed by atoms with Crippen LogP contribution in [0.15, 0.2) is 0 Å².